The van der Waals surface area contributed by atoms with E-state index in [0.29, 0.717) is 0 Å². The van der Waals surface area contributed by atoms with Crippen LogP contribution in [0, 0.1) is 0 Å². The Morgan fingerprint density at radius 2 is 1.64 bits per heavy atom. The van der Waals surface area contributed by atoms with Crippen molar-refractivity contribution in [3.8, 4) is 11.5 Å². The molecule has 0 fully saturated rings. The fraction of sp³-hybridized carbons (Fsp3) is 0.500. The first-order valence-corrected chi connectivity index (χ1v) is 5.27. The molecule has 0 bridgehead atoms. The van der Waals surface area contributed by atoms with E-state index in [9.17, 15) is 0 Å². The highest BCUT2D eigenvalue weighted by Crippen LogP contribution is 2.42. The third kappa shape index (κ3) is 1.45. The quantitative estimate of drug-likeness (QED) is 0.731. The van der Waals surface area contributed by atoms with E-state index < -0.39 is 5.79 Å². The first-order valence-electron chi connectivity index (χ1n) is 5.27. The molecule has 1 aliphatic rings. The van der Waals surface area contributed by atoms with Gasteiger partial charge in [-0.15, -0.1) is 0 Å². The molecule has 0 spiro atoms. The van der Waals surface area contributed by atoms with Gasteiger partial charge in [-0.1, -0.05) is 26.0 Å². The molecule has 2 heteroatoms. The summed E-state index contributed by atoms with van der Waals surface area (Å²) in [7, 11) is 0. The van der Waals surface area contributed by atoms with Crippen molar-refractivity contribution in [3.63, 3.8) is 0 Å². The standard InChI is InChI=1S/C12H16O2/c1-3-9-12(4-2)13-10-7-5-6-8-11(10)14-12/h5-8H,3-4,9H2,1-2H3. The van der Waals surface area contributed by atoms with Crippen LogP contribution in [0.25, 0.3) is 0 Å². The Kier molecular flexibility index (Phi) is 2.36. The number of ether oxygens (including phenoxy) is 2. The molecular weight excluding hydrogens is 176 g/mol. The van der Waals surface area contributed by atoms with Crippen molar-refractivity contribution in [1.29, 1.82) is 0 Å². The SMILES string of the molecule is CCCC1(CC)Oc2ccccc2O1. The van der Waals surface area contributed by atoms with Gasteiger partial charge in [0.2, 0.25) is 0 Å². The Morgan fingerprint density at radius 1 is 1.07 bits per heavy atom. The van der Waals surface area contributed by atoms with Crippen LogP contribution in [0.3, 0.4) is 0 Å². The van der Waals surface area contributed by atoms with Gasteiger partial charge in [-0.05, 0) is 18.6 Å². The van der Waals surface area contributed by atoms with Gasteiger partial charge in [-0.25, -0.2) is 0 Å². The number of benzene rings is 1. The van der Waals surface area contributed by atoms with Crippen LogP contribution in [-0.4, -0.2) is 5.79 Å². The molecule has 76 valence electrons. The lowest BCUT2D eigenvalue weighted by Gasteiger charge is -2.25. The van der Waals surface area contributed by atoms with Crippen LogP contribution < -0.4 is 9.47 Å². The van der Waals surface area contributed by atoms with E-state index in [1.165, 1.54) is 0 Å². The summed E-state index contributed by atoms with van der Waals surface area (Å²) in [5, 5.41) is 0. The molecule has 14 heavy (non-hydrogen) atoms. The molecule has 0 saturated heterocycles. The number of hydrogen-bond acceptors (Lipinski definition) is 2. The van der Waals surface area contributed by atoms with Gasteiger partial charge in [0, 0.05) is 12.8 Å². The van der Waals surface area contributed by atoms with E-state index in [1.807, 2.05) is 24.3 Å². The lowest BCUT2D eigenvalue weighted by atomic mass is 10.1. The topological polar surface area (TPSA) is 18.5 Å². The predicted octanol–water partition coefficient (Wildman–Crippen LogP) is 3.36. The zero-order valence-corrected chi connectivity index (χ0v) is 8.75. The van der Waals surface area contributed by atoms with Gasteiger partial charge < -0.3 is 9.47 Å². The first kappa shape index (κ1) is 9.38. The molecule has 0 atom stereocenters. The molecule has 0 saturated carbocycles. The Hall–Kier alpha value is -1.18. The summed E-state index contributed by atoms with van der Waals surface area (Å²) in [5.41, 5.74) is 0. The van der Waals surface area contributed by atoms with Crippen molar-refractivity contribution in [1.82, 2.24) is 0 Å². The van der Waals surface area contributed by atoms with E-state index in [4.69, 9.17) is 9.47 Å². The Balaban J connectivity index is 2.23. The van der Waals surface area contributed by atoms with Crippen molar-refractivity contribution < 1.29 is 9.47 Å². The molecule has 2 rings (SSSR count). The fourth-order valence-electron chi connectivity index (χ4n) is 1.84. The van der Waals surface area contributed by atoms with Crippen molar-refractivity contribution >= 4 is 0 Å². The van der Waals surface area contributed by atoms with E-state index in [1.54, 1.807) is 0 Å². The second-order valence-corrected chi connectivity index (χ2v) is 3.67. The summed E-state index contributed by atoms with van der Waals surface area (Å²) < 4.78 is 11.7. The van der Waals surface area contributed by atoms with Crippen molar-refractivity contribution in [2.45, 2.75) is 38.9 Å². The van der Waals surface area contributed by atoms with Crippen LogP contribution in [0.2, 0.25) is 0 Å². The Bertz CT molecular complexity index is 295. The average molecular weight is 192 g/mol. The van der Waals surface area contributed by atoms with Crippen LogP contribution >= 0.6 is 0 Å². The summed E-state index contributed by atoms with van der Waals surface area (Å²) in [4.78, 5) is 0. The minimum absolute atomic E-state index is 0.404. The van der Waals surface area contributed by atoms with E-state index in [2.05, 4.69) is 13.8 Å². The first-order chi connectivity index (χ1) is 6.79. The molecule has 1 aromatic rings. The van der Waals surface area contributed by atoms with Gasteiger partial charge >= 0.3 is 0 Å². The van der Waals surface area contributed by atoms with Gasteiger partial charge in [0.1, 0.15) is 0 Å². The third-order valence-corrected chi connectivity index (χ3v) is 2.61. The van der Waals surface area contributed by atoms with Crippen molar-refractivity contribution in [3.05, 3.63) is 24.3 Å². The summed E-state index contributed by atoms with van der Waals surface area (Å²) in [5.74, 6) is 1.35. The fourth-order valence-corrected chi connectivity index (χ4v) is 1.84. The molecule has 0 aromatic heterocycles. The van der Waals surface area contributed by atoms with E-state index in [0.717, 1.165) is 30.8 Å². The van der Waals surface area contributed by atoms with Crippen LogP contribution in [0.1, 0.15) is 33.1 Å². The molecule has 1 aromatic carbocycles. The van der Waals surface area contributed by atoms with E-state index >= 15 is 0 Å². The molecule has 0 N–H and O–H groups in total. The van der Waals surface area contributed by atoms with Gasteiger partial charge in [-0.2, -0.15) is 0 Å². The van der Waals surface area contributed by atoms with Crippen LogP contribution in [-0.2, 0) is 0 Å². The highest BCUT2D eigenvalue weighted by molar-refractivity contribution is 5.42. The highest BCUT2D eigenvalue weighted by atomic mass is 16.7. The summed E-state index contributed by atoms with van der Waals surface area (Å²) in [6.07, 6.45) is 2.90. The summed E-state index contributed by atoms with van der Waals surface area (Å²) in [6.45, 7) is 4.24. The minimum Gasteiger partial charge on any atom is -0.448 e. The molecule has 0 radical (unpaired) electrons. The lowest BCUT2D eigenvalue weighted by molar-refractivity contribution is -0.0885. The monoisotopic (exact) mass is 192 g/mol. The van der Waals surface area contributed by atoms with Crippen molar-refractivity contribution in [2.24, 2.45) is 0 Å². The number of para-hydroxylation sites is 2. The number of hydrogen-bond donors (Lipinski definition) is 0. The molecule has 0 unspecified atom stereocenters. The van der Waals surface area contributed by atoms with Crippen LogP contribution in [0.15, 0.2) is 24.3 Å². The summed E-state index contributed by atoms with van der Waals surface area (Å²) in [6, 6.07) is 7.87. The smallest absolute Gasteiger partial charge is 0.251 e. The molecule has 2 nitrogen and oxygen atoms in total. The maximum atomic E-state index is 5.86. The zero-order valence-electron chi connectivity index (χ0n) is 8.75. The average Bonchev–Trinajstić information content (AvgIpc) is 2.57. The van der Waals surface area contributed by atoms with Gasteiger partial charge in [0.15, 0.2) is 11.5 Å². The normalized spacial score (nSPS) is 17.0. The molecule has 1 heterocycles. The minimum atomic E-state index is -0.404. The number of fused-ring (bicyclic) bond motifs is 1. The summed E-state index contributed by atoms with van der Waals surface area (Å²) >= 11 is 0. The Labute approximate surface area is 84.8 Å². The number of rotatable bonds is 3. The lowest BCUT2D eigenvalue weighted by Crippen LogP contribution is -2.37. The second-order valence-electron chi connectivity index (χ2n) is 3.67. The van der Waals surface area contributed by atoms with E-state index in [-0.39, 0.29) is 0 Å². The largest absolute Gasteiger partial charge is 0.448 e. The Morgan fingerprint density at radius 3 is 2.07 bits per heavy atom. The third-order valence-electron chi connectivity index (χ3n) is 2.61. The zero-order chi connectivity index (χ0) is 10.0. The second kappa shape index (κ2) is 3.52. The van der Waals surface area contributed by atoms with Crippen LogP contribution in [0.5, 0.6) is 11.5 Å². The molecule has 0 amide bonds. The maximum Gasteiger partial charge on any atom is 0.251 e. The molecular formula is C12H16O2. The van der Waals surface area contributed by atoms with Crippen molar-refractivity contribution in [2.75, 3.05) is 0 Å². The molecule has 1 aliphatic heterocycles. The molecule has 0 aliphatic carbocycles. The highest BCUT2D eigenvalue weighted by Gasteiger charge is 2.38. The van der Waals surface area contributed by atoms with Gasteiger partial charge in [0.05, 0.1) is 0 Å². The van der Waals surface area contributed by atoms with Crippen LogP contribution in [0.4, 0.5) is 0 Å². The predicted molar refractivity (Wildman–Crippen MR) is 55.6 cm³/mol. The maximum absolute atomic E-state index is 5.86. The van der Waals surface area contributed by atoms with Gasteiger partial charge in [-0.3, -0.25) is 0 Å². The van der Waals surface area contributed by atoms with Gasteiger partial charge in [0.25, 0.3) is 5.79 Å².